The quantitative estimate of drug-likeness (QED) is 0.686. The summed E-state index contributed by atoms with van der Waals surface area (Å²) in [6.07, 6.45) is 3.81. The van der Waals surface area contributed by atoms with Crippen molar-refractivity contribution in [2.24, 2.45) is 23.7 Å². The number of pyridine rings is 1. The predicted molar refractivity (Wildman–Crippen MR) is 132 cm³/mol. The number of likely N-dealkylation sites (tertiary alicyclic amines) is 2. The fourth-order valence-corrected chi connectivity index (χ4v) is 5.92. The van der Waals surface area contributed by atoms with Crippen molar-refractivity contribution in [1.82, 2.24) is 20.1 Å². The van der Waals surface area contributed by atoms with Crippen LogP contribution in [0.4, 0.5) is 0 Å². The van der Waals surface area contributed by atoms with Gasteiger partial charge in [0.05, 0.1) is 17.3 Å². The van der Waals surface area contributed by atoms with Crippen molar-refractivity contribution in [2.75, 3.05) is 32.7 Å². The van der Waals surface area contributed by atoms with Gasteiger partial charge in [0.25, 0.3) is 5.91 Å². The molecule has 2 aliphatic heterocycles. The van der Waals surface area contributed by atoms with Crippen LogP contribution in [0.2, 0.25) is 0 Å². The van der Waals surface area contributed by atoms with Gasteiger partial charge < -0.3 is 15.1 Å². The molecule has 2 aromatic rings. The molecule has 4 atom stereocenters. The Hall–Kier alpha value is -2.73. The number of benzene rings is 1. The molecule has 1 aliphatic carbocycles. The number of fused-ring (bicyclic) bond motifs is 1. The first-order chi connectivity index (χ1) is 16.4. The molecule has 0 spiro atoms. The van der Waals surface area contributed by atoms with Crippen molar-refractivity contribution < 1.29 is 9.59 Å². The van der Waals surface area contributed by atoms with Gasteiger partial charge in [-0.3, -0.25) is 14.6 Å². The minimum atomic E-state index is 0.0318. The van der Waals surface area contributed by atoms with Crippen LogP contribution in [0.1, 0.15) is 53.0 Å². The molecule has 2 saturated heterocycles. The molecule has 1 aromatic carbocycles. The first-order valence-electron chi connectivity index (χ1n) is 12.7. The number of hydrogen-bond donors (Lipinski definition) is 1. The fraction of sp³-hybridized carbons (Fsp3) is 0.536. The maximum Gasteiger partial charge on any atom is 0.255 e. The van der Waals surface area contributed by atoms with E-state index < -0.39 is 0 Å². The number of carbonyl (C=O) groups is 2. The van der Waals surface area contributed by atoms with E-state index in [0.717, 1.165) is 62.4 Å². The van der Waals surface area contributed by atoms with E-state index in [1.54, 1.807) is 6.20 Å². The van der Waals surface area contributed by atoms with Gasteiger partial charge in [0.2, 0.25) is 5.91 Å². The summed E-state index contributed by atoms with van der Waals surface area (Å²) in [6.45, 7) is 10.8. The normalized spacial score (nSPS) is 24.0. The first-order valence-corrected chi connectivity index (χ1v) is 12.7. The molecule has 1 saturated carbocycles. The van der Waals surface area contributed by atoms with Crippen molar-refractivity contribution in [3.63, 3.8) is 0 Å². The number of amides is 2. The molecule has 6 heteroatoms. The molecule has 180 valence electrons. The van der Waals surface area contributed by atoms with Crippen LogP contribution in [0.25, 0.3) is 0 Å². The van der Waals surface area contributed by atoms with Gasteiger partial charge in [-0.2, -0.15) is 0 Å². The van der Waals surface area contributed by atoms with Gasteiger partial charge in [-0.05, 0) is 61.6 Å². The number of nitrogens with zero attached hydrogens (tertiary/aromatic N) is 3. The molecule has 5 rings (SSSR count). The van der Waals surface area contributed by atoms with Crippen LogP contribution in [0.5, 0.6) is 0 Å². The monoisotopic (exact) mass is 460 g/mol. The third kappa shape index (κ3) is 4.74. The van der Waals surface area contributed by atoms with Crippen molar-refractivity contribution in [2.45, 2.75) is 39.7 Å². The predicted octanol–water partition coefficient (Wildman–Crippen LogP) is 3.61. The molecular weight excluding hydrogens is 424 g/mol. The zero-order valence-electron chi connectivity index (χ0n) is 20.5. The summed E-state index contributed by atoms with van der Waals surface area (Å²) in [5, 5.41) is 3.35. The van der Waals surface area contributed by atoms with E-state index in [-0.39, 0.29) is 23.8 Å². The zero-order chi connectivity index (χ0) is 23.8. The Labute approximate surface area is 202 Å². The molecule has 3 aliphatic rings. The highest BCUT2D eigenvalue weighted by atomic mass is 16.2. The van der Waals surface area contributed by atoms with E-state index in [2.05, 4.69) is 46.4 Å². The lowest BCUT2D eigenvalue weighted by Gasteiger charge is -2.30. The maximum atomic E-state index is 13.2. The molecule has 2 amide bonds. The standard InChI is InChI=1S/C28H36N4O2/c1-18-11-12-29-20(3)25(18)28(34)32-16-23-14-31(15-24(23)17-32)13-19(2)26(21-7-5-4-6-8-21)30-27(33)22-9-10-22/h4-8,11-12,19,22-24,26H,9-10,13-17H2,1-3H3,(H,30,33). The lowest BCUT2D eigenvalue weighted by atomic mass is 9.93. The van der Waals surface area contributed by atoms with Crippen LogP contribution in [0, 0.1) is 37.5 Å². The van der Waals surface area contributed by atoms with Crippen LogP contribution < -0.4 is 5.32 Å². The Bertz CT molecular complexity index is 1020. The highest BCUT2D eigenvalue weighted by Crippen LogP contribution is 2.35. The minimum absolute atomic E-state index is 0.0318. The van der Waals surface area contributed by atoms with Crippen molar-refractivity contribution in [3.05, 3.63) is 65.0 Å². The van der Waals surface area contributed by atoms with Gasteiger partial charge in [0.15, 0.2) is 0 Å². The first kappa shape index (κ1) is 23.0. The Morgan fingerprint density at radius 2 is 1.71 bits per heavy atom. The van der Waals surface area contributed by atoms with Crippen LogP contribution >= 0.6 is 0 Å². The third-order valence-electron chi connectivity index (χ3n) is 7.93. The summed E-state index contributed by atoms with van der Waals surface area (Å²) in [5.74, 6) is 1.88. The van der Waals surface area contributed by atoms with Crippen LogP contribution in [0.3, 0.4) is 0 Å². The summed E-state index contributed by atoms with van der Waals surface area (Å²) < 4.78 is 0. The highest BCUT2D eigenvalue weighted by molar-refractivity contribution is 5.96. The smallest absolute Gasteiger partial charge is 0.255 e. The molecule has 34 heavy (non-hydrogen) atoms. The van der Waals surface area contributed by atoms with Gasteiger partial charge in [-0.15, -0.1) is 0 Å². The molecule has 3 fully saturated rings. The summed E-state index contributed by atoms with van der Waals surface area (Å²) in [4.78, 5) is 34.7. The van der Waals surface area contributed by atoms with Gasteiger partial charge in [0, 0.05) is 44.8 Å². The van der Waals surface area contributed by atoms with Crippen LogP contribution in [-0.4, -0.2) is 59.3 Å². The molecule has 6 nitrogen and oxygen atoms in total. The lowest BCUT2D eigenvalue weighted by molar-refractivity contribution is -0.123. The molecule has 4 unspecified atom stereocenters. The van der Waals surface area contributed by atoms with E-state index in [1.807, 2.05) is 30.9 Å². The number of nitrogens with one attached hydrogen (secondary N) is 1. The van der Waals surface area contributed by atoms with Gasteiger partial charge in [-0.1, -0.05) is 37.3 Å². The summed E-state index contributed by atoms with van der Waals surface area (Å²) in [6, 6.07) is 12.3. The third-order valence-corrected chi connectivity index (χ3v) is 7.93. The SMILES string of the molecule is Cc1ccnc(C)c1C(=O)N1CC2CN(CC(C)C(NC(=O)C3CC3)c3ccccc3)CC2C1. The average Bonchev–Trinajstić information content (AvgIpc) is 3.50. The summed E-state index contributed by atoms with van der Waals surface area (Å²) in [7, 11) is 0. The van der Waals surface area contributed by atoms with Crippen molar-refractivity contribution in [3.8, 4) is 0 Å². The summed E-state index contributed by atoms with van der Waals surface area (Å²) in [5.41, 5.74) is 3.77. The topological polar surface area (TPSA) is 65.5 Å². The van der Waals surface area contributed by atoms with E-state index in [1.165, 1.54) is 5.56 Å². The van der Waals surface area contributed by atoms with Gasteiger partial charge >= 0.3 is 0 Å². The number of aromatic nitrogens is 1. The molecule has 1 aromatic heterocycles. The Balaban J connectivity index is 1.20. The number of hydrogen-bond acceptors (Lipinski definition) is 4. The van der Waals surface area contributed by atoms with Crippen LogP contribution in [-0.2, 0) is 4.79 Å². The second kappa shape index (κ2) is 9.49. The zero-order valence-corrected chi connectivity index (χ0v) is 20.5. The largest absolute Gasteiger partial charge is 0.349 e. The van der Waals surface area contributed by atoms with Gasteiger partial charge in [-0.25, -0.2) is 0 Å². The van der Waals surface area contributed by atoms with Gasteiger partial charge in [0.1, 0.15) is 0 Å². The molecule has 1 N–H and O–H groups in total. The number of rotatable bonds is 7. The molecular formula is C28H36N4O2. The van der Waals surface area contributed by atoms with Crippen molar-refractivity contribution >= 4 is 11.8 Å². The molecule has 0 radical (unpaired) electrons. The lowest BCUT2D eigenvalue weighted by Crippen LogP contribution is -2.39. The molecule has 0 bridgehead atoms. The van der Waals surface area contributed by atoms with E-state index in [9.17, 15) is 9.59 Å². The second-order valence-corrected chi connectivity index (χ2v) is 10.7. The maximum absolute atomic E-state index is 13.2. The highest BCUT2D eigenvalue weighted by Gasteiger charge is 2.43. The van der Waals surface area contributed by atoms with E-state index >= 15 is 0 Å². The summed E-state index contributed by atoms with van der Waals surface area (Å²) >= 11 is 0. The Morgan fingerprint density at radius 1 is 1.03 bits per heavy atom. The minimum Gasteiger partial charge on any atom is -0.349 e. The van der Waals surface area contributed by atoms with Crippen molar-refractivity contribution in [1.29, 1.82) is 0 Å². The Kier molecular flexibility index (Phi) is 6.43. The number of carbonyl (C=O) groups excluding carboxylic acids is 2. The molecule has 3 heterocycles. The van der Waals surface area contributed by atoms with Crippen LogP contribution in [0.15, 0.2) is 42.6 Å². The number of aryl methyl sites for hydroxylation is 2. The van der Waals surface area contributed by atoms with E-state index in [0.29, 0.717) is 17.8 Å². The average molecular weight is 461 g/mol. The van der Waals surface area contributed by atoms with E-state index in [4.69, 9.17) is 0 Å². The second-order valence-electron chi connectivity index (χ2n) is 10.7. The fourth-order valence-electron chi connectivity index (χ4n) is 5.92. The Morgan fingerprint density at radius 3 is 2.32 bits per heavy atom.